The van der Waals surface area contributed by atoms with Crippen molar-refractivity contribution in [3.63, 3.8) is 0 Å². The van der Waals surface area contributed by atoms with Crippen LogP contribution in [-0.4, -0.2) is 241 Å². The van der Waals surface area contributed by atoms with Crippen molar-refractivity contribution >= 4 is 5.97 Å². The number of fused-ring (bicyclic) bond motifs is 7. The highest BCUT2D eigenvalue weighted by atomic mass is 16.8. The maximum Gasteiger partial charge on any atom is 0.302 e. The first-order valence-electron chi connectivity index (χ1n) is 27.4. The molecule has 0 unspecified atom stereocenters. The lowest BCUT2D eigenvalue weighted by atomic mass is 9.46. The van der Waals surface area contributed by atoms with E-state index in [1.54, 1.807) is 0 Å². The lowest BCUT2D eigenvalue weighted by molar-refractivity contribution is -0.404. The molecule has 0 radical (unpaired) electrons. The topological polar surface area (TPSA) is 361 Å². The first-order chi connectivity index (χ1) is 36.1. The third kappa shape index (κ3) is 9.85. The molecule has 0 aromatic rings. The van der Waals surface area contributed by atoms with Gasteiger partial charge in [0.2, 0.25) is 0 Å². The Bertz CT molecular complexity index is 2040. The smallest absolute Gasteiger partial charge is 0.302 e. The fourth-order valence-corrected chi connectivity index (χ4v) is 15.7. The number of carbonyl (C=O) groups is 1. The van der Waals surface area contributed by atoms with Gasteiger partial charge in [0.05, 0.1) is 45.2 Å². The van der Waals surface area contributed by atoms with Gasteiger partial charge in [0.1, 0.15) is 97.7 Å². The van der Waals surface area contributed by atoms with Crippen LogP contribution < -0.4 is 0 Å². The number of carbonyl (C=O) groups excluding carboxylic acids is 1. The number of hydrogen-bond acceptors (Lipinski definition) is 24. The summed E-state index contributed by atoms with van der Waals surface area (Å²) >= 11 is 0. The Morgan fingerprint density at radius 2 is 1.29 bits per heavy atom. The van der Waals surface area contributed by atoms with Gasteiger partial charge in [-0.2, -0.15) is 0 Å². The number of rotatable bonds is 12. The van der Waals surface area contributed by atoms with Crippen molar-refractivity contribution in [1.29, 1.82) is 0 Å². The third-order valence-electron chi connectivity index (χ3n) is 19.8. The minimum Gasteiger partial charge on any atom is -0.462 e. The molecule has 24 heteroatoms. The molecule has 76 heavy (non-hydrogen) atoms. The van der Waals surface area contributed by atoms with Gasteiger partial charge >= 0.3 is 5.97 Å². The van der Waals surface area contributed by atoms with Gasteiger partial charge in [-0.25, -0.2) is 0 Å². The average Bonchev–Trinajstić information content (AvgIpc) is 3.99. The minimum absolute atomic E-state index is 0.0438. The molecule has 12 N–H and O–H groups in total. The second-order valence-electron chi connectivity index (χ2n) is 24.1. The fraction of sp³-hybridized carbons (Fsp3) is 0.942. The Balaban J connectivity index is 0.861. The quantitative estimate of drug-likeness (QED) is 0.0693. The number of allylic oxidation sites excluding steroid dienone is 1. The van der Waals surface area contributed by atoms with Crippen molar-refractivity contribution in [3.05, 3.63) is 11.6 Å². The SMILES string of the molecule is CC(=O)O[C@@H]1C[C@H](O[C@@H]2O[C@H](CO)[C@H](O[C@@H]3O[C@H](CO)[C@@H](O)[C@H](O[C@@H]4OC[C@@H](O)[C@H](O)[C@H]4O)[C@H]3O[C@@H]3O[C@H](CO)[C@@H](O)[C@H](O)[C@H]3O)[C@H](O)[C@H]2O)CC2=CC[C@H]3[C@@H]4C[C@@H]5O[C@]6(CC[C@H](C)CO6)[C@@H](C)[C@@H]5[C@@]4(C)CC[C@@H]3[C@]21C. The molecule has 0 amide bonds. The molecule has 10 rings (SSSR count). The molecule has 0 aromatic heterocycles. The van der Waals surface area contributed by atoms with Crippen LogP contribution in [0.3, 0.4) is 0 Å². The second kappa shape index (κ2) is 22.2. The molecule has 10 aliphatic rings. The van der Waals surface area contributed by atoms with E-state index in [0.717, 1.165) is 44.1 Å². The first-order valence-corrected chi connectivity index (χ1v) is 27.4. The van der Waals surface area contributed by atoms with Crippen LogP contribution in [0.2, 0.25) is 0 Å². The molecule has 6 heterocycles. The van der Waals surface area contributed by atoms with Crippen molar-refractivity contribution < 1.29 is 118 Å². The van der Waals surface area contributed by atoms with E-state index in [1.807, 2.05) is 0 Å². The molecule has 24 nitrogen and oxygen atoms in total. The highest BCUT2D eigenvalue weighted by Crippen LogP contribution is 2.71. The summed E-state index contributed by atoms with van der Waals surface area (Å²) in [6, 6.07) is 0. The highest BCUT2D eigenvalue weighted by molar-refractivity contribution is 5.66. The monoisotopic (exact) mass is 1090 g/mol. The van der Waals surface area contributed by atoms with Crippen molar-refractivity contribution in [1.82, 2.24) is 0 Å². The summed E-state index contributed by atoms with van der Waals surface area (Å²) in [5.74, 6) is 1.04. The zero-order chi connectivity index (χ0) is 54.5. The van der Waals surface area contributed by atoms with E-state index in [0.29, 0.717) is 36.7 Å². The highest BCUT2D eigenvalue weighted by Gasteiger charge is 2.70. The number of aliphatic hydroxyl groups is 12. The lowest BCUT2D eigenvalue weighted by Gasteiger charge is -2.60. The predicted octanol–water partition coefficient (Wildman–Crippen LogP) is -2.81. The summed E-state index contributed by atoms with van der Waals surface area (Å²) in [7, 11) is 0. The molecular weight excluding hydrogens is 1010 g/mol. The zero-order valence-electron chi connectivity index (χ0n) is 43.7. The standard InChI is InChI=1S/C52H82O24/c1-20-8-11-52(67-18-20)21(2)34-29(76-52)14-27-25-7-6-23-12-24(13-33(68-22(3)56)51(23,5)26(25)9-10-50(27,34)4)69-47-42(65)39(62)43(32(17-55)72-47)73-49-45(75-48-41(64)38(61)36(59)30(15-53)70-48)44(37(60)31(16-54)71-49)74-46-40(63)35(58)28(57)19-66-46/h6,20-21,24-49,53-55,57-65H,7-19H2,1-5H3/t20-,21-,24+,25+,26-,27-,28+,29-,30+,31+,32+,33+,34-,35-,36+,37+,38-,39+,40+,41+,42+,43-,44-,45+,46-,47+,48-,49-,50-,51-,52+/m0/s1. The van der Waals surface area contributed by atoms with Crippen LogP contribution in [0, 0.1) is 46.3 Å². The van der Waals surface area contributed by atoms with E-state index < -0.39 is 173 Å². The van der Waals surface area contributed by atoms with Crippen molar-refractivity contribution in [2.45, 2.75) is 227 Å². The second-order valence-corrected chi connectivity index (χ2v) is 24.1. The molecule has 3 saturated carbocycles. The van der Waals surface area contributed by atoms with Gasteiger partial charge in [0.15, 0.2) is 30.9 Å². The summed E-state index contributed by atoms with van der Waals surface area (Å²) in [5.41, 5.74) is 0.563. The van der Waals surface area contributed by atoms with Gasteiger partial charge in [0, 0.05) is 31.1 Å². The summed E-state index contributed by atoms with van der Waals surface area (Å²) in [4.78, 5) is 13.0. The molecule has 31 atom stereocenters. The van der Waals surface area contributed by atoms with Crippen LogP contribution in [-0.2, 0) is 56.9 Å². The minimum atomic E-state index is -2.03. The summed E-state index contributed by atoms with van der Waals surface area (Å²) in [6.45, 7) is 8.13. The van der Waals surface area contributed by atoms with E-state index in [2.05, 4.69) is 33.8 Å². The van der Waals surface area contributed by atoms with Gasteiger partial charge in [-0.15, -0.1) is 0 Å². The van der Waals surface area contributed by atoms with Crippen LogP contribution >= 0.6 is 0 Å². The Labute approximate surface area is 441 Å². The Hall–Kier alpha value is -1.67. The van der Waals surface area contributed by atoms with Gasteiger partial charge in [-0.3, -0.25) is 4.79 Å². The predicted molar refractivity (Wildman–Crippen MR) is 253 cm³/mol. The molecule has 6 aliphatic heterocycles. The molecule has 0 bridgehead atoms. The molecule has 9 fully saturated rings. The van der Waals surface area contributed by atoms with Gasteiger partial charge < -0.3 is 113 Å². The molecular formula is C52H82O24. The van der Waals surface area contributed by atoms with Crippen molar-refractivity contribution in [2.75, 3.05) is 33.0 Å². The Morgan fingerprint density at radius 3 is 1.97 bits per heavy atom. The van der Waals surface area contributed by atoms with Gasteiger partial charge in [0.25, 0.3) is 0 Å². The van der Waals surface area contributed by atoms with Crippen LogP contribution in [0.1, 0.15) is 86.0 Å². The van der Waals surface area contributed by atoms with E-state index in [9.17, 15) is 66.1 Å². The number of hydrogen-bond donors (Lipinski definition) is 12. The largest absolute Gasteiger partial charge is 0.462 e. The Morgan fingerprint density at radius 1 is 0.658 bits per heavy atom. The molecule has 6 saturated heterocycles. The van der Waals surface area contributed by atoms with E-state index in [1.165, 1.54) is 6.92 Å². The van der Waals surface area contributed by atoms with Gasteiger partial charge in [-0.1, -0.05) is 39.3 Å². The van der Waals surface area contributed by atoms with Crippen LogP contribution in [0.25, 0.3) is 0 Å². The van der Waals surface area contributed by atoms with Crippen LogP contribution in [0.5, 0.6) is 0 Å². The number of aliphatic hydroxyl groups excluding tert-OH is 12. The van der Waals surface area contributed by atoms with Gasteiger partial charge in [-0.05, 0) is 73.5 Å². The van der Waals surface area contributed by atoms with Crippen molar-refractivity contribution in [2.24, 2.45) is 46.3 Å². The fourth-order valence-electron chi connectivity index (χ4n) is 15.7. The maximum atomic E-state index is 13.0. The average molecular weight is 1090 g/mol. The lowest BCUT2D eigenvalue weighted by Crippen LogP contribution is -2.68. The summed E-state index contributed by atoms with van der Waals surface area (Å²) < 4.78 is 67.6. The summed E-state index contributed by atoms with van der Waals surface area (Å²) in [5, 5.41) is 130. The maximum absolute atomic E-state index is 13.0. The molecule has 4 aliphatic carbocycles. The number of esters is 1. The zero-order valence-corrected chi connectivity index (χ0v) is 43.7. The first kappa shape index (κ1) is 57.6. The van der Waals surface area contributed by atoms with E-state index >= 15 is 0 Å². The van der Waals surface area contributed by atoms with Crippen LogP contribution in [0.15, 0.2) is 11.6 Å². The van der Waals surface area contributed by atoms with Crippen LogP contribution in [0.4, 0.5) is 0 Å². The Kier molecular flexibility index (Phi) is 16.8. The summed E-state index contributed by atoms with van der Waals surface area (Å²) in [6.07, 6.45) is -26.7. The number of ether oxygens (including phenoxy) is 11. The van der Waals surface area contributed by atoms with E-state index in [4.69, 9.17) is 52.1 Å². The van der Waals surface area contributed by atoms with E-state index in [-0.39, 0.29) is 29.8 Å². The normalized spacial score (nSPS) is 55.2. The van der Waals surface area contributed by atoms with Crippen molar-refractivity contribution in [3.8, 4) is 0 Å². The molecule has 1 spiro atoms. The molecule has 434 valence electrons. The molecule has 0 aromatic carbocycles. The third-order valence-corrected chi connectivity index (χ3v) is 19.8.